The summed E-state index contributed by atoms with van der Waals surface area (Å²) in [5.74, 6) is -3.41. The molecule has 1 fully saturated rings. The molecule has 3 rings (SSSR count). The molecule has 1 aliphatic rings. The quantitative estimate of drug-likeness (QED) is 0.111. The van der Waals surface area contributed by atoms with Crippen LogP contribution in [0.3, 0.4) is 0 Å². The first-order chi connectivity index (χ1) is 19.3. The van der Waals surface area contributed by atoms with E-state index in [9.17, 15) is 24.0 Å². The standard InChI is InChI=1S/C22H28N8O10S/c1-9(31)36-6-13-16(37-10(2)32)17(38-11(3)33)18(39-12(4)34)21(40-13)27-22(41)29-28-14(35)5-30-8-26-15-19(23)24-7-25-20(15)30/h7-8,13,16-18,21H,5-6H2,1-4H3,(H,28,35)(H2,23,24,25)(H2,27,29,41)/t13-,16+,17+,18-,21-/m1/s1. The molecule has 5 atom stereocenters. The zero-order chi connectivity index (χ0) is 30.3. The van der Waals surface area contributed by atoms with Crippen molar-refractivity contribution >= 4 is 64.1 Å². The topological polar surface area (TPSA) is 237 Å². The molecule has 2 aromatic rings. The summed E-state index contributed by atoms with van der Waals surface area (Å²) < 4.78 is 28.3. The number of nitrogen functional groups attached to an aromatic ring is 1. The van der Waals surface area contributed by atoms with Gasteiger partial charge in [-0.15, -0.1) is 0 Å². The van der Waals surface area contributed by atoms with Gasteiger partial charge in [-0.3, -0.25) is 34.8 Å². The van der Waals surface area contributed by atoms with Crippen LogP contribution in [0.1, 0.15) is 27.7 Å². The Kier molecular flexibility index (Phi) is 10.3. The molecular formula is C22H28N8O10S. The summed E-state index contributed by atoms with van der Waals surface area (Å²) in [6, 6.07) is 0. The van der Waals surface area contributed by atoms with E-state index < -0.39 is 67.0 Å². The third-order valence-corrected chi connectivity index (χ3v) is 5.54. The van der Waals surface area contributed by atoms with Crippen LogP contribution in [0.25, 0.3) is 11.2 Å². The monoisotopic (exact) mass is 596 g/mol. The molecule has 3 heterocycles. The number of anilines is 1. The average molecular weight is 597 g/mol. The molecule has 1 saturated heterocycles. The average Bonchev–Trinajstić information content (AvgIpc) is 3.28. The lowest BCUT2D eigenvalue weighted by atomic mass is 9.97. The number of esters is 4. The SMILES string of the molecule is CC(=O)OC[C@H]1O[C@@H](NC(=S)NNC(=O)Cn2cnc3c(N)ncnc32)[C@H](OC(C)=O)[C@@H](OC(C)=O)[C@H]1OC(C)=O. The van der Waals surface area contributed by atoms with E-state index in [1.807, 2.05) is 0 Å². The molecule has 1 amide bonds. The fraction of sp³-hybridized carbons (Fsp3) is 0.500. The number of carbonyl (C=O) groups excluding carboxylic acids is 5. The number of aromatic nitrogens is 4. The number of amides is 1. The highest BCUT2D eigenvalue weighted by molar-refractivity contribution is 7.80. The van der Waals surface area contributed by atoms with Crippen molar-refractivity contribution in [2.24, 2.45) is 0 Å². The summed E-state index contributed by atoms with van der Waals surface area (Å²) in [5, 5.41) is 2.49. The molecule has 0 aliphatic carbocycles. The molecule has 5 N–H and O–H groups in total. The van der Waals surface area contributed by atoms with Gasteiger partial charge in [-0.25, -0.2) is 15.0 Å². The minimum atomic E-state index is -1.40. The van der Waals surface area contributed by atoms with Gasteiger partial charge in [0, 0.05) is 27.7 Å². The largest absolute Gasteiger partial charge is 0.463 e. The lowest BCUT2D eigenvalue weighted by Crippen LogP contribution is -2.67. The van der Waals surface area contributed by atoms with Gasteiger partial charge in [-0.2, -0.15) is 0 Å². The van der Waals surface area contributed by atoms with Gasteiger partial charge in [0.15, 0.2) is 41.1 Å². The van der Waals surface area contributed by atoms with E-state index in [4.69, 9.17) is 41.6 Å². The second-order valence-electron chi connectivity index (χ2n) is 8.57. The lowest BCUT2D eigenvalue weighted by Gasteiger charge is -2.44. The van der Waals surface area contributed by atoms with Crippen molar-refractivity contribution in [1.82, 2.24) is 35.7 Å². The van der Waals surface area contributed by atoms with Crippen molar-refractivity contribution < 1.29 is 47.7 Å². The molecule has 0 radical (unpaired) electrons. The molecule has 0 saturated carbocycles. The van der Waals surface area contributed by atoms with Crippen LogP contribution in [0.15, 0.2) is 12.7 Å². The van der Waals surface area contributed by atoms with Crippen molar-refractivity contribution in [1.29, 1.82) is 0 Å². The maximum Gasteiger partial charge on any atom is 0.303 e. The molecule has 0 unspecified atom stereocenters. The van der Waals surface area contributed by atoms with E-state index in [0.717, 1.165) is 27.7 Å². The summed E-state index contributed by atoms with van der Waals surface area (Å²) >= 11 is 5.24. The van der Waals surface area contributed by atoms with Crippen LogP contribution >= 0.6 is 12.2 Å². The van der Waals surface area contributed by atoms with E-state index >= 15 is 0 Å². The fourth-order valence-electron chi connectivity index (χ4n) is 3.85. The first-order valence-corrected chi connectivity index (χ1v) is 12.3. The Morgan fingerprint density at radius 1 is 0.927 bits per heavy atom. The highest BCUT2D eigenvalue weighted by atomic mass is 32.1. The minimum Gasteiger partial charge on any atom is -0.463 e. The predicted molar refractivity (Wildman–Crippen MR) is 139 cm³/mol. The maximum atomic E-state index is 12.5. The van der Waals surface area contributed by atoms with E-state index in [0.29, 0.717) is 11.2 Å². The summed E-state index contributed by atoms with van der Waals surface area (Å²) in [6.07, 6.45) is -4.03. The van der Waals surface area contributed by atoms with Gasteiger partial charge >= 0.3 is 23.9 Å². The van der Waals surface area contributed by atoms with E-state index in [-0.39, 0.29) is 17.5 Å². The number of thiocarbonyl (C=S) groups is 1. The van der Waals surface area contributed by atoms with Crippen LogP contribution in [0.5, 0.6) is 0 Å². The van der Waals surface area contributed by atoms with Gasteiger partial charge in [-0.05, 0) is 12.2 Å². The number of hydrogen-bond donors (Lipinski definition) is 4. The van der Waals surface area contributed by atoms with E-state index in [1.165, 1.54) is 17.2 Å². The summed E-state index contributed by atoms with van der Waals surface area (Å²) in [6.45, 7) is 3.82. The molecule has 18 nitrogen and oxygen atoms in total. The summed E-state index contributed by atoms with van der Waals surface area (Å²) in [4.78, 5) is 71.6. The molecule has 0 spiro atoms. The van der Waals surface area contributed by atoms with Gasteiger partial charge in [0.2, 0.25) is 0 Å². The zero-order valence-corrected chi connectivity index (χ0v) is 23.1. The third kappa shape index (κ3) is 8.42. The van der Waals surface area contributed by atoms with E-state index in [2.05, 4.69) is 31.1 Å². The number of nitrogens with zero attached hydrogens (tertiary/aromatic N) is 4. The number of hydrazine groups is 1. The Morgan fingerprint density at radius 3 is 2.20 bits per heavy atom. The van der Waals surface area contributed by atoms with E-state index in [1.54, 1.807) is 0 Å². The van der Waals surface area contributed by atoms with Crippen molar-refractivity contribution in [3.63, 3.8) is 0 Å². The molecule has 222 valence electrons. The number of carbonyl (C=O) groups is 5. The van der Waals surface area contributed by atoms with Crippen LogP contribution < -0.4 is 21.9 Å². The van der Waals surface area contributed by atoms with Gasteiger partial charge in [-0.1, -0.05) is 0 Å². The van der Waals surface area contributed by atoms with Gasteiger partial charge in [0.25, 0.3) is 5.91 Å². The smallest absolute Gasteiger partial charge is 0.303 e. The second-order valence-corrected chi connectivity index (χ2v) is 8.98. The normalized spacial score (nSPS) is 21.7. The Balaban J connectivity index is 1.74. The van der Waals surface area contributed by atoms with Crippen LogP contribution in [-0.4, -0.2) is 91.7 Å². The Hall–Kier alpha value is -4.65. The lowest BCUT2D eigenvalue weighted by molar-refractivity contribution is -0.254. The van der Waals surface area contributed by atoms with Crippen molar-refractivity contribution in [3.05, 3.63) is 12.7 Å². The van der Waals surface area contributed by atoms with Gasteiger partial charge in [0.05, 0.1) is 6.33 Å². The number of fused-ring (bicyclic) bond motifs is 1. The van der Waals surface area contributed by atoms with Crippen molar-refractivity contribution in [2.75, 3.05) is 12.3 Å². The molecule has 0 aromatic carbocycles. The highest BCUT2D eigenvalue weighted by Gasteiger charge is 2.52. The molecule has 2 aromatic heterocycles. The predicted octanol–water partition coefficient (Wildman–Crippen LogP) is -2.01. The highest BCUT2D eigenvalue weighted by Crippen LogP contribution is 2.28. The third-order valence-electron chi connectivity index (χ3n) is 5.32. The van der Waals surface area contributed by atoms with Gasteiger partial charge in [0.1, 0.15) is 31.1 Å². The van der Waals surface area contributed by atoms with Gasteiger partial charge < -0.3 is 39.3 Å². The van der Waals surface area contributed by atoms with Crippen LogP contribution in [0.4, 0.5) is 5.82 Å². The molecule has 1 aliphatic heterocycles. The number of imidazole rings is 1. The summed E-state index contributed by atoms with van der Waals surface area (Å²) in [7, 11) is 0. The molecule has 41 heavy (non-hydrogen) atoms. The number of nitrogens with one attached hydrogen (secondary N) is 3. The molecular weight excluding hydrogens is 568 g/mol. The number of ether oxygens (including phenoxy) is 5. The Morgan fingerprint density at radius 2 is 1.56 bits per heavy atom. The first-order valence-electron chi connectivity index (χ1n) is 11.9. The van der Waals surface area contributed by atoms with Crippen LogP contribution in [0, 0.1) is 0 Å². The number of nitrogens with two attached hydrogens (primary N) is 1. The van der Waals surface area contributed by atoms with Crippen LogP contribution in [-0.2, 0) is 54.2 Å². The number of rotatable bonds is 8. The first kappa shape index (κ1) is 30.9. The fourth-order valence-corrected chi connectivity index (χ4v) is 4.01. The maximum absolute atomic E-state index is 12.5. The Bertz CT molecular complexity index is 1340. The van der Waals surface area contributed by atoms with Crippen LogP contribution in [0.2, 0.25) is 0 Å². The Labute approximate surface area is 237 Å². The van der Waals surface area contributed by atoms with Crippen molar-refractivity contribution in [2.45, 2.75) is 64.9 Å². The number of hydrogen-bond acceptors (Lipinski definition) is 15. The minimum absolute atomic E-state index is 0.155. The second kappa shape index (κ2) is 13.6. The zero-order valence-electron chi connectivity index (χ0n) is 22.3. The van der Waals surface area contributed by atoms with Crippen molar-refractivity contribution in [3.8, 4) is 0 Å². The molecule has 0 bridgehead atoms. The summed E-state index contributed by atoms with van der Waals surface area (Å²) in [5.41, 5.74) is 11.3. The molecule has 19 heteroatoms.